The lowest BCUT2D eigenvalue weighted by Gasteiger charge is -2.29. The molecule has 3 atom stereocenters. The van der Waals surface area contributed by atoms with Crippen molar-refractivity contribution in [2.75, 3.05) is 40.9 Å². The number of phosphoric ester groups is 1. The van der Waals surface area contributed by atoms with Gasteiger partial charge in [0, 0.05) is 6.42 Å². The van der Waals surface area contributed by atoms with Crippen molar-refractivity contribution < 1.29 is 32.9 Å². The smallest absolute Gasteiger partial charge is 0.268 e. The number of carbonyl (C=O) groups is 1. The Morgan fingerprint density at radius 2 is 1.04 bits per heavy atom. The van der Waals surface area contributed by atoms with E-state index >= 15 is 0 Å². The Hall–Kier alpha value is -1.80. The van der Waals surface area contributed by atoms with Crippen LogP contribution in [0.5, 0.6) is 0 Å². The molecule has 0 radical (unpaired) electrons. The van der Waals surface area contributed by atoms with E-state index < -0.39 is 26.6 Å². The number of likely N-dealkylation sites (N-methyl/N-ethyl adjacent to an activating group) is 1. The van der Waals surface area contributed by atoms with E-state index in [4.69, 9.17) is 9.05 Å². The third kappa shape index (κ3) is 42.1. The van der Waals surface area contributed by atoms with Crippen molar-refractivity contribution in [1.82, 2.24) is 5.32 Å². The molecule has 9 heteroatoms. The molecule has 8 nitrogen and oxygen atoms in total. The number of rotatable bonds is 41. The molecular formula is C48H89N2O6P. The first-order chi connectivity index (χ1) is 27.5. The molecule has 0 aromatic rings. The molecule has 0 rings (SSSR count). The van der Waals surface area contributed by atoms with Crippen molar-refractivity contribution in [2.24, 2.45) is 0 Å². The SMILES string of the molecule is CCCCCC/C=C/CC/C=C/CC/C=C/C(O)C(COP(=O)([O-])OCC[N+](C)(C)C)NC(=O)CCCCCCCCCCC/C=C\C/C=C\CCCCCCC. The van der Waals surface area contributed by atoms with Crippen LogP contribution < -0.4 is 10.2 Å². The molecule has 0 fully saturated rings. The maximum Gasteiger partial charge on any atom is 0.268 e. The number of unbranched alkanes of at least 4 members (excludes halogenated alkanes) is 20. The Kier molecular flexibility index (Phi) is 38.4. The topological polar surface area (TPSA) is 108 Å². The van der Waals surface area contributed by atoms with Crippen LogP contribution in [0.15, 0.2) is 60.8 Å². The Bertz CT molecular complexity index is 1110. The summed E-state index contributed by atoms with van der Waals surface area (Å²) in [6, 6.07) is -0.912. The fraction of sp³-hybridized carbons (Fsp3) is 0.771. The molecule has 0 aliphatic carbocycles. The van der Waals surface area contributed by atoms with Gasteiger partial charge in [-0.25, -0.2) is 0 Å². The van der Waals surface area contributed by atoms with Crippen LogP contribution in [0.2, 0.25) is 0 Å². The Morgan fingerprint density at radius 3 is 1.54 bits per heavy atom. The highest BCUT2D eigenvalue weighted by atomic mass is 31.2. The zero-order valence-electron chi connectivity index (χ0n) is 37.5. The van der Waals surface area contributed by atoms with Crippen LogP contribution >= 0.6 is 7.82 Å². The van der Waals surface area contributed by atoms with E-state index in [2.05, 4.69) is 67.8 Å². The van der Waals surface area contributed by atoms with Crippen LogP contribution in [0.4, 0.5) is 0 Å². The summed E-state index contributed by atoms with van der Waals surface area (Å²) in [5.74, 6) is -0.219. The molecule has 3 unspecified atom stereocenters. The zero-order chi connectivity index (χ0) is 42.1. The van der Waals surface area contributed by atoms with Gasteiger partial charge in [-0.1, -0.05) is 164 Å². The number of quaternary nitrogens is 1. The van der Waals surface area contributed by atoms with Crippen LogP contribution in [-0.2, 0) is 18.4 Å². The summed E-state index contributed by atoms with van der Waals surface area (Å²) in [6.07, 6.45) is 51.3. The number of nitrogens with zero attached hydrogens (tertiary/aromatic N) is 1. The highest BCUT2D eigenvalue weighted by molar-refractivity contribution is 7.45. The van der Waals surface area contributed by atoms with Gasteiger partial charge in [0.1, 0.15) is 13.2 Å². The van der Waals surface area contributed by atoms with Crippen molar-refractivity contribution in [3.05, 3.63) is 60.8 Å². The summed E-state index contributed by atoms with van der Waals surface area (Å²) < 4.78 is 23.2. The van der Waals surface area contributed by atoms with E-state index in [1.54, 1.807) is 6.08 Å². The third-order valence-corrected chi connectivity index (χ3v) is 10.9. The third-order valence-electron chi connectivity index (χ3n) is 9.93. The number of aliphatic hydroxyl groups excluding tert-OH is 1. The molecule has 0 saturated carbocycles. The van der Waals surface area contributed by atoms with Gasteiger partial charge in [0.2, 0.25) is 5.91 Å². The molecule has 0 aromatic carbocycles. The first kappa shape index (κ1) is 55.2. The summed E-state index contributed by atoms with van der Waals surface area (Å²) >= 11 is 0. The predicted octanol–water partition coefficient (Wildman–Crippen LogP) is 12.4. The maximum atomic E-state index is 12.9. The Morgan fingerprint density at radius 1 is 0.614 bits per heavy atom. The molecule has 0 aromatic heterocycles. The monoisotopic (exact) mass is 821 g/mol. The summed E-state index contributed by atoms with van der Waals surface area (Å²) in [5, 5.41) is 13.7. The largest absolute Gasteiger partial charge is 0.756 e. The molecule has 332 valence electrons. The molecule has 0 aliphatic heterocycles. The number of hydrogen-bond acceptors (Lipinski definition) is 6. The molecule has 0 saturated heterocycles. The van der Waals surface area contributed by atoms with Crippen molar-refractivity contribution in [3.63, 3.8) is 0 Å². The van der Waals surface area contributed by atoms with Crippen LogP contribution in [0.25, 0.3) is 0 Å². The first-order valence-electron chi connectivity index (χ1n) is 23.2. The summed E-state index contributed by atoms with van der Waals surface area (Å²) in [5.41, 5.74) is 0. The Balaban J connectivity index is 4.42. The van der Waals surface area contributed by atoms with E-state index in [1.165, 1.54) is 109 Å². The fourth-order valence-corrected chi connectivity index (χ4v) is 6.94. The lowest BCUT2D eigenvalue weighted by atomic mass is 10.1. The minimum atomic E-state index is -4.60. The van der Waals surface area contributed by atoms with E-state index in [1.807, 2.05) is 27.2 Å². The van der Waals surface area contributed by atoms with E-state index in [-0.39, 0.29) is 12.5 Å². The predicted molar refractivity (Wildman–Crippen MR) is 242 cm³/mol. The molecule has 0 bridgehead atoms. The highest BCUT2D eigenvalue weighted by Crippen LogP contribution is 2.38. The van der Waals surface area contributed by atoms with Gasteiger partial charge in [-0.15, -0.1) is 0 Å². The molecule has 1 amide bonds. The van der Waals surface area contributed by atoms with Gasteiger partial charge in [0.15, 0.2) is 0 Å². The number of nitrogens with one attached hydrogen (secondary N) is 1. The van der Waals surface area contributed by atoms with Gasteiger partial charge < -0.3 is 28.8 Å². The average molecular weight is 821 g/mol. The van der Waals surface area contributed by atoms with E-state index in [9.17, 15) is 19.4 Å². The zero-order valence-corrected chi connectivity index (χ0v) is 38.4. The standard InChI is InChI=1S/C48H89N2O6P/c1-6-8-10-12-14-16-18-20-22-23-24-25-26-27-28-30-32-34-36-38-40-42-48(52)49-46(45-56-57(53,54)55-44-43-50(3,4)5)47(51)41-39-37-35-33-31-29-21-19-17-15-13-11-9-7-2/h17-20,23-24,31,33,39,41,46-47,51H,6-16,21-22,25-30,32,34-38,40,42-45H2,1-5H3,(H-,49,52,53,54)/b19-17+,20-18-,24-23-,33-31+,41-39+. The number of amides is 1. The van der Waals surface area contributed by atoms with Crippen LogP contribution in [0, 0.1) is 0 Å². The Labute approximate surface area is 351 Å². The average Bonchev–Trinajstić information content (AvgIpc) is 3.16. The van der Waals surface area contributed by atoms with E-state index in [0.29, 0.717) is 17.4 Å². The van der Waals surface area contributed by atoms with Gasteiger partial charge in [-0.2, -0.15) is 0 Å². The summed E-state index contributed by atoms with van der Waals surface area (Å²) in [6.45, 7) is 4.57. The lowest BCUT2D eigenvalue weighted by Crippen LogP contribution is -2.45. The first-order valence-corrected chi connectivity index (χ1v) is 24.6. The second kappa shape index (κ2) is 39.6. The molecular weight excluding hydrogens is 732 g/mol. The van der Waals surface area contributed by atoms with Crippen molar-refractivity contribution in [2.45, 2.75) is 199 Å². The molecule has 0 spiro atoms. The second-order valence-electron chi connectivity index (χ2n) is 16.7. The quantitative estimate of drug-likeness (QED) is 0.0275. The number of carbonyl (C=O) groups excluding carboxylic acids is 1. The lowest BCUT2D eigenvalue weighted by molar-refractivity contribution is -0.870. The minimum absolute atomic E-state index is 0.0120. The molecule has 57 heavy (non-hydrogen) atoms. The summed E-state index contributed by atoms with van der Waals surface area (Å²) in [4.78, 5) is 25.3. The van der Waals surface area contributed by atoms with Gasteiger partial charge >= 0.3 is 0 Å². The number of aliphatic hydroxyl groups is 1. The van der Waals surface area contributed by atoms with Gasteiger partial charge in [0.05, 0.1) is 39.9 Å². The van der Waals surface area contributed by atoms with Gasteiger partial charge in [-0.05, 0) is 77.0 Å². The van der Waals surface area contributed by atoms with Crippen LogP contribution in [-0.4, -0.2) is 68.5 Å². The van der Waals surface area contributed by atoms with Gasteiger partial charge in [0.25, 0.3) is 7.82 Å². The van der Waals surface area contributed by atoms with Crippen LogP contribution in [0.1, 0.15) is 187 Å². The van der Waals surface area contributed by atoms with E-state index in [0.717, 1.165) is 57.8 Å². The number of phosphoric acid groups is 1. The molecule has 2 N–H and O–H groups in total. The highest BCUT2D eigenvalue weighted by Gasteiger charge is 2.23. The van der Waals surface area contributed by atoms with Crippen molar-refractivity contribution in [1.29, 1.82) is 0 Å². The van der Waals surface area contributed by atoms with Gasteiger partial charge in [-0.3, -0.25) is 9.36 Å². The van der Waals surface area contributed by atoms with Crippen molar-refractivity contribution >= 4 is 13.7 Å². The number of hydrogen-bond donors (Lipinski definition) is 2. The number of allylic oxidation sites excluding steroid dienone is 9. The summed E-state index contributed by atoms with van der Waals surface area (Å²) in [7, 11) is 1.22. The van der Waals surface area contributed by atoms with Crippen LogP contribution in [0.3, 0.4) is 0 Å². The normalized spacial score (nSPS) is 14.9. The minimum Gasteiger partial charge on any atom is -0.756 e. The maximum absolute atomic E-state index is 12.9. The second-order valence-corrected chi connectivity index (χ2v) is 18.1. The molecule has 0 aliphatic rings. The molecule has 0 heterocycles. The fourth-order valence-electron chi connectivity index (χ4n) is 6.21. The van der Waals surface area contributed by atoms with Crippen molar-refractivity contribution in [3.8, 4) is 0 Å².